The van der Waals surface area contributed by atoms with Gasteiger partial charge in [0.1, 0.15) is 23.4 Å². The van der Waals surface area contributed by atoms with Gasteiger partial charge in [-0.1, -0.05) is 78.9 Å². The van der Waals surface area contributed by atoms with E-state index in [1.165, 1.54) is 7.11 Å². The van der Waals surface area contributed by atoms with E-state index in [9.17, 15) is 19.2 Å². The van der Waals surface area contributed by atoms with Gasteiger partial charge < -0.3 is 45.1 Å². The fourth-order valence-electron chi connectivity index (χ4n) is 6.64. The van der Waals surface area contributed by atoms with Crippen molar-refractivity contribution in [2.75, 3.05) is 13.7 Å². The van der Waals surface area contributed by atoms with Crippen LogP contribution in [0.1, 0.15) is 66.8 Å². The third kappa shape index (κ3) is 8.13. The van der Waals surface area contributed by atoms with E-state index in [0.717, 1.165) is 17.5 Å². The number of oxazole rings is 1. The first-order valence-electron chi connectivity index (χ1n) is 17.9. The van der Waals surface area contributed by atoms with Crippen molar-refractivity contribution in [2.24, 2.45) is 5.73 Å². The highest BCUT2D eigenvalue weighted by atomic mass is 16.6. The summed E-state index contributed by atoms with van der Waals surface area (Å²) in [5, 5.41) is 5.50. The number of ether oxygens (including phenoxy) is 2. The summed E-state index contributed by atoms with van der Waals surface area (Å²) >= 11 is 0. The average molecular weight is 758 g/mol. The van der Waals surface area contributed by atoms with Crippen molar-refractivity contribution in [3.63, 3.8) is 0 Å². The standard InChI is InChI=1S/C40H39N9O7/c1-23(45-36(50)32(48-40(53)54-2)24-11-5-3-6-12-24)34-42-20-28(46-34)26-15-9-16-27(19-26)31-22-44-37(55-31)29-21-43-35(47-29)30-17-10-18-49(30)38(51)33(56-39(41)52)25-13-7-4-8-14-25/h3-9,11-16,19-23,30,32-33H,10,17-18H2,1-2H3,(H2,41,52)(H,42,46)(H,43,47)(H,45,50)(H,48,53)/t23-,30-,32+,33+/m0/s1. The van der Waals surface area contributed by atoms with E-state index in [1.54, 1.807) is 78.9 Å². The number of imidazole rings is 2. The Bertz CT molecular complexity index is 2320. The number of methoxy groups -OCH3 is 1. The normalized spacial score (nSPS) is 15.4. The summed E-state index contributed by atoms with van der Waals surface area (Å²) in [5.74, 6) is 1.03. The molecule has 6 N–H and O–H groups in total. The number of aromatic amines is 2. The fourth-order valence-corrected chi connectivity index (χ4v) is 6.64. The second kappa shape index (κ2) is 16.4. The van der Waals surface area contributed by atoms with Gasteiger partial charge in [-0.2, -0.15) is 0 Å². The van der Waals surface area contributed by atoms with Crippen LogP contribution in [0.3, 0.4) is 0 Å². The Balaban J connectivity index is 1.03. The zero-order valence-electron chi connectivity index (χ0n) is 30.5. The lowest BCUT2D eigenvalue weighted by molar-refractivity contribution is -0.141. The van der Waals surface area contributed by atoms with E-state index in [4.69, 9.17) is 29.6 Å². The number of carbonyl (C=O) groups is 4. The minimum atomic E-state index is -1.18. The largest absolute Gasteiger partial charge is 0.453 e. The number of nitrogens with two attached hydrogens (primary N) is 1. The highest BCUT2D eigenvalue weighted by molar-refractivity contribution is 5.87. The maximum atomic E-state index is 13.7. The maximum Gasteiger partial charge on any atom is 0.407 e. The molecule has 7 rings (SSSR count). The Morgan fingerprint density at radius 1 is 0.893 bits per heavy atom. The van der Waals surface area contributed by atoms with Gasteiger partial charge in [0.25, 0.3) is 5.91 Å². The Morgan fingerprint density at radius 2 is 1.61 bits per heavy atom. The van der Waals surface area contributed by atoms with Crippen molar-refractivity contribution in [1.29, 1.82) is 0 Å². The topological polar surface area (TPSA) is 223 Å². The third-order valence-electron chi connectivity index (χ3n) is 9.39. The van der Waals surface area contributed by atoms with Crippen molar-refractivity contribution >= 4 is 24.0 Å². The summed E-state index contributed by atoms with van der Waals surface area (Å²) in [6.45, 7) is 2.24. The van der Waals surface area contributed by atoms with Crippen molar-refractivity contribution in [1.82, 2.24) is 40.5 Å². The Hall–Kier alpha value is -7.23. The minimum Gasteiger partial charge on any atom is -0.453 e. The van der Waals surface area contributed by atoms with Crippen LogP contribution < -0.4 is 16.4 Å². The van der Waals surface area contributed by atoms with Crippen molar-refractivity contribution in [3.05, 3.63) is 126 Å². The maximum absolute atomic E-state index is 13.7. The number of carbonyl (C=O) groups excluding carboxylic acids is 4. The summed E-state index contributed by atoms with van der Waals surface area (Å²) in [6.07, 6.45) is 3.47. The van der Waals surface area contributed by atoms with E-state index in [-0.39, 0.29) is 17.8 Å². The second-order valence-corrected chi connectivity index (χ2v) is 13.1. The first kappa shape index (κ1) is 37.1. The SMILES string of the molecule is COC(=O)N[C@@H](C(=O)N[C@@H](C)c1nc(-c2cccc(-c3cnc(-c4c[nH]c([C@@H]5CCCN5C(=O)[C@H](OC(N)=O)c5ccccc5)n4)o3)c2)c[nH]1)c1ccccc1. The van der Waals surface area contributed by atoms with Gasteiger partial charge in [0, 0.05) is 35.6 Å². The molecule has 0 unspecified atom stereocenters. The van der Waals surface area contributed by atoms with Gasteiger partial charge in [0.05, 0.1) is 31.1 Å². The van der Waals surface area contributed by atoms with Crippen LogP contribution in [0.15, 0.2) is 108 Å². The zero-order valence-corrected chi connectivity index (χ0v) is 30.5. The van der Waals surface area contributed by atoms with Gasteiger partial charge in [-0.15, -0.1) is 0 Å². The lowest BCUT2D eigenvalue weighted by Gasteiger charge is -2.27. The van der Waals surface area contributed by atoms with Gasteiger partial charge in [-0.3, -0.25) is 9.59 Å². The predicted octanol–water partition coefficient (Wildman–Crippen LogP) is 5.90. The molecule has 4 heterocycles. The molecule has 16 heteroatoms. The number of nitrogens with one attached hydrogen (secondary N) is 4. The van der Waals surface area contributed by atoms with Crippen LogP contribution in [0, 0.1) is 0 Å². The molecule has 1 fully saturated rings. The van der Waals surface area contributed by atoms with Gasteiger partial charge >= 0.3 is 12.2 Å². The second-order valence-electron chi connectivity index (χ2n) is 13.1. The highest BCUT2D eigenvalue weighted by Gasteiger charge is 2.38. The van der Waals surface area contributed by atoms with Crippen molar-refractivity contribution in [2.45, 2.75) is 44.0 Å². The molecule has 1 aliphatic rings. The summed E-state index contributed by atoms with van der Waals surface area (Å²) in [6, 6.07) is 23.3. The zero-order chi connectivity index (χ0) is 39.2. The Labute approximate surface area is 320 Å². The van der Waals surface area contributed by atoms with E-state index in [2.05, 4.69) is 25.6 Å². The van der Waals surface area contributed by atoms with Gasteiger partial charge in [-0.05, 0) is 31.4 Å². The first-order valence-corrected chi connectivity index (χ1v) is 17.9. The number of primary amides is 1. The quantitative estimate of drug-likeness (QED) is 0.0994. The third-order valence-corrected chi connectivity index (χ3v) is 9.39. The molecule has 4 amide bonds. The monoisotopic (exact) mass is 757 g/mol. The van der Waals surface area contributed by atoms with Gasteiger partial charge in [0.15, 0.2) is 5.76 Å². The summed E-state index contributed by atoms with van der Waals surface area (Å²) in [4.78, 5) is 72.6. The number of rotatable bonds is 12. The number of nitrogens with zero attached hydrogens (tertiary/aromatic N) is 4. The van der Waals surface area contributed by atoms with Crippen LogP contribution in [-0.2, 0) is 19.1 Å². The van der Waals surface area contributed by atoms with Crippen LogP contribution in [0.4, 0.5) is 9.59 Å². The van der Waals surface area contributed by atoms with E-state index in [1.807, 2.05) is 36.4 Å². The summed E-state index contributed by atoms with van der Waals surface area (Å²) in [5.41, 5.74) is 9.08. The molecule has 6 aromatic rings. The highest BCUT2D eigenvalue weighted by Crippen LogP contribution is 2.35. The number of hydrogen-bond donors (Lipinski definition) is 5. The van der Waals surface area contributed by atoms with Crippen LogP contribution >= 0.6 is 0 Å². The lowest BCUT2D eigenvalue weighted by Crippen LogP contribution is -2.41. The molecule has 0 spiro atoms. The molecule has 4 atom stereocenters. The molecule has 0 aliphatic carbocycles. The average Bonchev–Trinajstić information content (AvgIpc) is 4.06. The summed E-state index contributed by atoms with van der Waals surface area (Å²) in [7, 11) is 1.24. The van der Waals surface area contributed by atoms with Gasteiger partial charge in [-0.25, -0.2) is 24.5 Å². The van der Waals surface area contributed by atoms with E-state index < -0.39 is 36.3 Å². The number of amides is 4. The number of likely N-dealkylation sites (tertiary alicyclic amines) is 1. The van der Waals surface area contributed by atoms with Crippen LogP contribution in [0.2, 0.25) is 0 Å². The van der Waals surface area contributed by atoms with E-state index >= 15 is 0 Å². The molecular formula is C40H39N9O7. The van der Waals surface area contributed by atoms with Crippen LogP contribution in [-0.4, -0.2) is 67.5 Å². The van der Waals surface area contributed by atoms with E-state index in [0.29, 0.717) is 52.9 Å². The minimum absolute atomic E-state index is 0.283. The smallest absolute Gasteiger partial charge is 0.407 e. The molecule has 3 aromatic heterocycles. The molecule has 1 saturated heterocycles. The van der Waals surface area contributed by atoms with Gasteiger partial charge in [0.2, 0.25) is 17.9 Å². The van der Waals surface area contributed by atoms with Crippen molar-refractivity contribution in [3.8, 4) is 34.2 Å². The number of hydrogen-bond acceptors (Lipinski definition) is 10. The molecule has 0 saturated carbocycles. The Morgan fingerprint density at radius 3 is 2.34 bits per heavy atom. The predicted molar refractivity (Wildman–Crippen MR) is 202 cm³/mol. The van der Waals surface area contributed by atoms with Crippen molar-refractivity contribution < 1.29 is 33.1 Å². The number of aromatic nitrogens is 5. The van der Waals surface area contributed by atoms with Crippen LogP contribution in [0.5, 0.6) is 0 Å². The molecule has 0 radical (unpaired) electrons. The Kier molecular flexibility index (Phi) is 10.9. The molecule has 286 valence electrons. The fraction of sp³-hybridized carbons (Fsp3) is 0.225. The molecule has 16 nitrogen and oxygen atoms in total. The molecule has 1 aliphatic heterocycles. The molecule has 3 aromatic carbocycles. The number of benzene rings is 3. The van der Waals surface area contributed by atoms with Crippen LogP contribution in [0.25, 0.3) is 34.2 Å². The lowest BCUT2D eigenvalue weighted by atomic mass is 10.1. The molecular weight excluding hydrogens is 718 g/mol. The first-order chi connectivity index (χ1) is 27.2. The summed E-state index contributed by atoms with van der Waals surface area (Å²) < 4.78 is 16.2. The molecule has 56 heavy (non-hydrogen) atoms. The number of alkyl carbamates (subject to hydrolysis) is 1. The molecule has 0 bridgehead atoms. The number of H-pyrrole nitrogens is 2.